The van der Waals surface area contributed by atoms with E-state index in [-0.39, 0.29) is 17.8 Å². The highest BCUT2D eigenvalue weighted by molar-refractivity contribution is 5.93. The molecule has 0 spiro atoms. The van der Waals surface area contributed by atoms with Gasteiger partial charge in [-0.3, -0.25) is 4.79 Å². The predicted octanol–water partition coefficient (Wildman–Crippen LogP) is -0.463. The van der Waals surface area contributed by atoms with Crippen molar-refractivity contribution in [2.24, 2.45) is 27.2 Å². The number of hydrogen-bond acceptors (Lipinski definition) is 2. The van der Waals surface area contributed by atoms with Crippen molar-refractivity contribution in [3.8, 4) is 0 Å². The normalized spacial score (nSPS) is 10.9. The van der Waals surface area contributed by atoms with Crippen LogP contribution in [0.15, 0.2) is 34.3 Å². The smallest absolute Gasteiger partial charge is 0.226 e. The molecular formula is C12H18N6O. The molecule has 6 N–H and O–H groups in total. The molecule has 0 saturated heterocycles. The van der Waals surface area contributed by atoms with E-state index in [4.69, 9.17) is 17.2 Å². The molecule has 102 valence electrons. The van der Waals surface area contributed by atoms with Gasteiger partial charge in [0.2, 0.25) is 11.9 Å². The van der Waals surface area contributed by atoms with E-state index in [1.54, 1.807) is 32.3 Å². The minimum Gasteiger partial charge on any atom is -0.370 e. The van der Waals surface area contributed by atoms with Gasteiger partial charge in [-0.1, -0.05) is 12.1 Å². The Morgan fingerprint density at radius 1 is 1.26 bits per heavy atom. The van der Waals surface area contributed by atoms with Gasteiger partial charge in [0.05, 0.1) is 12.1 Å². The fourth-order valence-corrected chi connectivity index (χ4v) is 1.36. The van der Waals surface area contributed by atoms with E-state index in [0.717, 1.165) is 5.56 Å². The van der Waals surface area contributed by atoms with Crippen LogP contribution in [0.3, 0.4) is 0 Å². The fourth-order valence-electron chi connectivity index (χ4n) is 1.36. The Kier molecular flexibility index (Phi) is 4.87. The number of nitrogens with zero attached hydrogens (tertiary/aromatic N) is 3. The average molecular weight is 262 g/mol. The van der Waals surface area contributed by atoms with Gasteiger partial charge in [-0.25, -0.2) is 4.99 Å². The lowest BCUT2D eigenvalue weighted by Gasteiger charge is -2.10. The van der Waals surface area contributed by atoms with Crippen molar-refractivity contribution in [1.29, 1.82) is 0 Å². The Balaban J connectivity index is 2.89. The second-order valence-electron chi connectivity index (χ2n) is 4.14. The SMILES string of the molecule is CN(C)C(=O)Cc1cccc(N=C(N)N=C(N)N)c1. The number of benzene rings is 1. The maximum Gasteiger partial charge on any atom is 0.226 e. The van der Waals surface area contributed by atoms with Crippen molar-refractivity contribution in [2.75, 3.05) is 14.1 Å². The molecule has 0 heterocycles. The van der Waals surface area contributed by atoms with Crippen molar-refractivity contribution in [3.05, 3.63) is 29.8 Å². The van der Waals surface area contributed by atoms with Crippen LogP contribution < -0.4 is 17.2 Å². The number of nitrogens with two attached hydrogens (primary N) is 3. The van der Waals surface area contributed by atoms with E-state index in [2.05, 4.69) is 9.98 Å². The molecule has 7 heteroatoms. The van der Waals surface area contributed by atoms with Crippen molar-refractivity contribution in [3.63, 3.8) is 0 Å². The zero-order chi connectivity index (χ0) is 14.4. The van der Waals surface area contributed by atoms with E-state index in [0.29, 0.717) is 12.1 Å². The quantitative estimate of drug-likeness (QED) is 0.503. The fraction of sp³-hybridized carbons (Fsp3) is 0.250. The zero-order valence-electron chi connectivity index (χ0n) is 11.0. The van der Waals surface area contributed by atoms with E-state index < -0.39 is 0 Å². The Bertz CT molecular complexity index is 517. The van der Waals surface area contributed by atoms with Crippen LogP contribution in [0.2, 0.25) is 0 Å². The second-order valence-corrected chi connectivity index (χ2v) is 4.14. The average Bonchev–Trinajstić information content (AvgIpc) is 2.27. The molecule has 0 unspecified atom stereocenters. The van der Waals surface area contributed by atoms with Crippen molar-refractivity contribution >= 4 is 23.5 Å². The van der Waals surface area contributed by atoms with Gasteiger partial charge in [-0.2, -0.15) is 4.99 Å². The lowest BCUT2D eigenvalue weighted by Crippen LogP contribution is -2.26. The minimum absolute atomic E-state index is 0.0123. The number of amides is 1. The summed E-state index contributed by atoms with van der Waals surface area (Å²) in [5.41, 5.74) is 17.4. The minimum atomic E-state index is -0.153. The first-order chi connectivity index (χ1) is 8.88. The molecule has 19 heavy (non-hydrogen) atoms. The molecule has 0 radical (unpaired) electrons. The molecule has 0 aromatic heterocycles. The third-order valence-electron chi connectivity index (χ3n) is 2.25. The summed E-state index contributed by atoms with van der Waals surface area (Å²) < 4.78 is 0. The van der Waals surface area contributed by atoms with Crippen LogP contribution in [-0.4, -0.2) is 36.8 Å². The molecule has 0 saturated carbocycles. The number of hydrogen-bond donors (Lipinski definition) is 3. The Morgan fingerprint density at radius 3 is 2.53 bits per heavy atom. The van der Waals surface area contributed by atoms with Crippen LogP contribution in [0.25, 0.3) is 0 Å². The summed E-state index contributed by atoms with van der Waals surface area (Å²) in [6.07, 6.45) is 0.304. The summed E-state index contributed by atoms with van der Waals surface area (Å²) in [7, 11) is 3.42. The zero-order valence-corrected chi connectivity index (χ0v) is 11.0. The number of carbonyl (C=O) groups is 1. The third-order valence-corrected chi connectivity index (χ3v) is 2.25. The lowest BCUT2D eigenvalue weighted by atomic mass is 10.1. The maximum absolute atomic E-state index is 11.6. The largest absolute Gasteiger partial charge is 0.370 e. The highest BCUT2D eigenvalue weighted by atomic mass is 16.2. The van der Waals surface area contributed by atoms with Crippen LogP contribution in [-0.2, 0) is 11.2 Å². The van der Waals surface area contributed by atoms with Crippen molar-refractivity contribution in [2.45, 2.75) is 6.42 Å². The summed E-state index contributed by atoms with van der Waals surface area (Å²) in [5.74, 6) is -0.172. The number of aliphatic imine (C=N–C) groups is 2. The first-order valence-corrected chi connectivity index (χ1v) is 5.61. The first kappa shape index (κ1) is 14.5. The van der Waals surface area contributed by atoms with Gasteiger partial charge in [-0.15, -0.1) is 0 Å². The number of likely N-dealkylation sites (N-methyl/N-ethyl adjacent to an activating group) is 1. The van der Waals surface area contributed by atoms with Gasteiger partial charge in [0, 0.05) is 14.1 Å². The van der Waals surface area contributed by atoms with Crippen LogP contribution in [0.4, 0.5) is 5.69 Å². The van der Waals surface area contributed by atoms with Crippen LogP contribution in [0.1, 0.15) is 5.56 Å². The molecule has 1 aromatic carbocycles. The van der Waals surface area contributed by atoms with E-state index in [9.17, 15) is 4.79 Å². The number of rotatable bonds is 3. The number of carbonyl (C=O) groups excluding carboxylic acids is 1. The molecule has 7 nitrogen and oxygen atoms in total. The number of guanidine groups is 2. The van der Waals surface area contributed by atoms with E-state index in [1.165, 1.54) is 4.90 Å². The molecule has 1 amide bonds. The highest BCUT2D eigenvalue weighted by Gasteiger charge is 2.05. The molecule has 0 fully saturated rings. The van der Waals surface area contributed by atoms with Gasteiger partial charge in [0.15, 0.2) is 5.96 Å². The molecule has 0 aliphatic heterocycles. The van der Waals surface area contributed by atoms with Crippen LogP contribution in [0.5, 0.6) is 0 Å². The van der Waals surface area contributed by atoms with Gasteiger partial charge < -0.3 is 22.1 Å². The molecule has 0 bridgehead atoms. The summed E-state index contributed by atoms with van der Waals surface area (Å²) in [4.78, 5) is 20.8. The Labute approximate surface area is 111 Å². The van der Waals surface area contributed by atoms with E-state index in [1.807, 2.05) is 6.07 Å². The molecule has 1 rings (SSSR count). The Hall–Kier alpha value is -2.57. The summed E-state index contributed by atoms with van der Waals surface area (Å²) in [5, 5.41) is 0. The van der Waals surface area contributed by atoms with Gasteiger partial charge in [0.25, 0.3) is 0 Å². The first-order valence-electron chi connectivity index (χ1n) is 5.61. The topological polar surface area (TPSA) is 123 Å². The molecule has 0 aliphatic rings. The standard InChI is InChI=1S/C12H18N6O/c1-18(2)10(19)7-8-4-3-5-9(6-8)16-12(15)17-11(13)14/h3-6H,7H2,1-2H3,(H6,13,14,15,16,17). The lowest BCUT2D eigenvalue weighted by molar-refractivity contribution is -0.127. The van der Waals surface area contributed by atoms with Gasteiger partial charge >= 0.3 is 0 Å². The van der Waals surface area contributed by atoms with Crippen LogP contribution in [0, 0.1) is 0 Å². The highest BCUT2D eigenvalue weighted by Crippen LogP contribution is 2.15. The molecule has 1 aromatic rings. The molecule has 0 atom stereocenters. The third kappa shape index (κ3) is 5.07. The van der Waals surface area contributed by atoms with Crippen molar-refractivity contribution < 1.29 is 4.79 Å². The van der Waals surface area contributed by atoms with Gasteiger partial charge in [0.1, 0.15) is 0 Å². The Morgan fingerprint density at radius 2 is 1.95 bits per heavy atom. The van der Waals surface area contributed by atoms with E-state index >= 15 is 0 Å². The van der Waals surface area contributed by atoms with Crippen molar-refractivity contribution in [1.82, 2.24) is 4.90 Å². The van der Waals surface area contributed by atoms with Gasteiger partial charge in [-0.05, 0) is 17.7 Å². The predicted molar refractivity (Wildman–Crippen MR) is 75.9 cm³/mol. The maximum atomic E-state index is 11.6. The van der Waals surface area contributed by atoms with Crippen LogP contribution >= 0.6 is 0 Å². The summed E-state index contributed by atoms with van der Waals surface area (Å²) >= 11 is 0. The second kappa shape index (κ2) is 6.39. The summed E-state index contributed by atoms with van der Waals surface area (Å²) in [6, 6.07) is 7.15. The monoisotopic (exact) mass is 262 g/mol. The summed E-state index contributed by atoms with van der Waals surface area (Å²) in [6.45, 7) is 0. The molecular weight excluding hydrogens is 244 g/mol. The molecule has 0 aliphatic carbocycles.